The number of anilines is 1. The van der Waals surface area contributed by atoms with Crippen molar-refractivity contribution in [2.45, 2.75) is 19.8 Å². The fourth-order valence-corrected chi connectivity index (χ4v) is 2.42. The number of rotatable bonds is 6. The highest BCUT2D eigenvalue weighted by Crippen LogP contribution is 2.27. The van der Waals surface area contributed by atoms with Gasteiger partial charge in [-0.25, -0.2) is 0 Å². The van der Waals surface area contributed by atoms with Gasteiger partial charge in [0.15, 0.2) is 0 Å². The number of benzene rings is 2. The fourth-order valence-electron chi connectivity index (χ4n) is 1.95. The third-order valence-electron chi connectivity index (χ3n) is 3.00. The molecule has 0 fully saturated rings. The largest absolute Gasteiger partial charge is 0.492 e. The monoisotopic (exact) mass is 337 g/mol. The molecule has 1 N–H and O–H groups in total. The topological polar surface area (TPSA) is 38.3 Å². The van der Waals surface area contributed by atoms with Crippen LogP contribution in [0.4, 0.5) is 5.69 Å². The van der Waals surface area contributed by atoms with Crippen molar-refractivity contribution in [3.63, 3.8) is 0 Å². The number of carbonyl (C=O) groups excluding carboxylic acids is 1. The Morgan fingerprint density at radius 3 is 2.73 bits per heavy atom. The van der Waals surface area contributed by atoms with Crippen LogP contribution < -0.4 is 10.1 Å². The van der Waals surface area contributed by atoms with E-state index in [0.29, 0.717) is 35.2 Å². The summed E-state index contributed by atoms with van der Waals surface area (Å²) in [5.41, 5.74) is 1.92. The smallest absolute Gasteiger partial charge is 0.224 e. The van der Waals surface area contributed by atoms with Gasteiger partial charge >= 0.3 is 0 Å². The molecule has 0 bridgehead atoms. The molecule has 0 aliphatic heterocycles. The Hall–Kier alpha value is -1.71. The average Bonchev–Trinajstić information content (AvgIpc) is 2.45. The zero-order valence-corrected chi connectivity index (χ0v) is 13.7. The summed E-state index contributed by atoms with van der Waals surface area (Å²) in [7, 11) is 0. The van der Waals surface area contributed by atoms with Crippen molar-refractivity contribution < 1.29 is 9.53 Å². The highest BCUT2D eigenvalue weighted by Gasteiger charge is 2.05. The Bertz CT molecular complexity index is 659. The maximum Gasteiger partial charge on any atom is 0.224 e. The minimum absolute atomic E-state index is 0.0311. The van der Waals surface area contributed by atoms with Gasteiger partial charge in [-0.15, -0.1) is 0 Å². The predicted octanol–water partition coefficient (Wildman–Crippen LogP) is 5.10. The second kappa shape index (κ2) is 8.06. The average molecular weight is 338 g/mol. The van der Waals surface area contributed by atoms with E-state index in [2.05, 4.69) is 5.32 Å². The molecule has 0 unspecified atom stereocenters. The molecule has 5 heteroatoms. The number of nitrogens with one attached hydrogen (secondary N) is 1. The Labute approximate surface area is 140 Å². The summed E-state index contributed by atoms with van der Waals surface area (Å²) in [4.78, 5) is 11.8. The third-order valence-corrected chi connectivity index (χ3v) is 3.53. The van der Waals surface area contributed by atoms with Crippen LogP contribution in [0.1, 0.15) is 18.4 Å². The molecular formula is C17H17Cl2NO2. The molecule has 3 nitrogen and oxygen atoms in total. The number of hydrogen-bond acceptors (Lipinski definition) is 2. The van der Waals surface area contributed by atoms with Gasteiger partial charge in [-0.1, -0.05) is 35.3 Å². The Balaban J connectivity index is 1.73. The molecule has 2 rings (SSSR count). The van der Waals surface area contributed by atoms with Crippen LogP contribution in [0.3, 0.4) is 0 Å². The van der Waals surface area contributed by atoms with Crippen molar-refractivity contribution >= 4 is 34.8 Å². The van der Waals surface area contributed by atoms with Gasteiger partial charge in [0.1, 0.15) is 5.75 Å². The van der Waals surface area contributed by atoms with E-state index in [-0.39, 0.29) is 5.91 Å². The maximum absolute atomic E-state index is 11.8. The minimum atomic E-state index is -0.0311. The summed E-state index contributed by atoms with van der Waals surface area (Å²) in [6.45, 7) is 2.40. The summed E-state index contributed by atoms with van der Waals surface area (Å²) in [5.74, 6) is 0.543. The van der Waals surface area contributed by atoms with Gasteiger partial charge in [-0.2, -0.15) is 0 Å². The zero-order valence-electron chi connectivity index (χ0n) is 12.2. The van der Waals surface area contributed by atoms with E-state index in [4.69, 9.17) is 27.9 Å². The number of amides is 1. The van der Waals surface area contributed by atoms with Gasteiger partial charge in [-0.3, -0.25) is 4.79 Å². The van der Waals surface area contributed by atoms with Crippen LogP contribution in [-0.4, -0.2) is 12.5 Å². The van der Waals surface area contributed by atoms with Crippen molar-refractivity contribution in [1.29, 1.82) is 0 Å². The Morgan fingerprint density at radius 2 is 2.00 bits per heavy atom. The molecule has 1 amide bonds. The van der Waals surface area contributed by atoms with Gasteiger partial charge in [0.05, 0.1) is 11.6 Å². The molecule has 0 saturated heterocycles. The molecule has 0 aromatic heterocycles. The first-order valence-electron chi connectivity index (χ1n) is 6.99. The van der Waals surface area contributed by atoms with Crippen molar-refractivity contribution in [3.8, 4) is 5.75 Å². The highest BCUT2D eigenvalue weighted by molar-refractivity contribution is 6.35. The molecule has 2 aromatic carbocycles. The second-order valence-corrected chi connectivity index (χ2v) is 5.79. The lowest BCUT2D eigenvalue weighted by molar-refractivity contribution is -0.116. The van der Waals surface area contributed by atoms with E-state index in [1.807, 2.05) is 31.2 Å². The van der Waals surface area contributed by atoms with Gasteiger partial charge in [-0.05, 0) is 49.2 Å². The molecule has 116 valence electrons. The highest BCUT2D eigenvalue weighted by atomic mass is 35.5. The minimum Gasteiger partial charge on any atom is -0.492 e. The summed E-state index contributed by atoms with van der Waals surface area (Å²) in [6, 6.07) is 12.8. The Kier molecular flexibility index (Phi) is 6.10. The molecular weight excluding hydrogens is 321 g/mol. The maximum atomic E-state index is 11.8. The first kappa shape index (κ1) is 16.7. The summed E-state index contributed by atoms with van der Waals surface area (Å²) in [6.07, 6.45) is 0.996. The lowest BCUT2D eigenvalue weighted by Crippen LogP contribution is -2.12. The molecule has 0 saturated carbocycles. The molecule has 0 atom stereocenters. The number of aryl methyl sites for hydroxylation is 1. The van der Waals surface area contributed by atoms with Crippen LogP contribution >= 0.6 is 23.2 Å². The number of halogens is 2. The normalized spacial score (nSPS) is 10.3. The van der Waals surface area contributed by atoms with Gasteiger partial charge in [0.2, 0.25) is 5.91 Å². The quantitative estimate of drug-likeness (QED) is 0.744. The van der Waals surface area contributed by atoms with E-state index >= 15 is 0 Å². The summed E-state index contributed by atoms with van der Waals surface area (Å²) >= 11 is 11.8. The van der Waals surface area contributed by atoms with Crippen LogP contribution in [-0.2, 0) is 4.79 Å². The van der Waals surface area contributed by atoms with Crippen LogP contribution in [0.15, 0.2) is 42.5 Å². The molecule has 0 aliphatic carbocycles. The first-order valence-corrected chi connectivity index (χ1v) is 7.74. The van der Waals surface area contributed by atoms with E-state index < -0.39 is 0 Å². The number of ether oxygens (including phenoxy) is 1. The summed E-state index contributed by atoms with van der Waals surface area (Å²) < 4.78 is 5.54. The third kappa shape index (κ3) is 5.24. The van der Waals surface area contributed by atoms with Gasteiger partial charge in [0, 0.05) is 17.1 Å². The van der Waals surface area contributed by atoms with Crippen LogP contribution in [0.5, 0.6) is 5.75 Å². The molecule has 0 heterocycles. The van der Waals surface area contributed by atoms with Gasteiger partial charge in [0.25, 0.3) is 0 Å². The van der Waals surface area contributed by atoms with E-state index in [1.54, 1.807) is 18.2 Å². The van der Waals surface area contributed by atoms with Crippen molar-refractivity contribution in [2.24, 2.45) is 0 Å². The molecule has 0 aliphatic rings. The predicted molar refractivity (Wildman–Crippen MR) is 91.0 cm³/mol. The van der Waals surface area contributed by atoms with E-state index in [9.17, 15) is 4.79 Å². The molecule has 2 aromatic rings. The number of carbonyl (C=O) groups is 1. The van der Waals surface area contributed by atoms with Crippen molar-refractivity contribution in [1.82, 2.24) is 0 Å². The van der Waals surface area contributed by atoms with Crippen molar-refractivity contribution in [3.05, 3.63) is 58.1 Å². The molecule has 0 radical (unpaired) electrons. The standard InChI is InChI=1S/C17H17Cl2NO2/c1-12-4-2-5-14(10-12)20-17(21)6-3-9-22-16-8-7-13(18)11-15(16)19/h2,4-5,7-8,10-11H,3,6,9H2,1H3,(H,20,21). The Morgan fingerprint density at radius 1 is 1.18 bits per heavy atom. The molecule has 0 spiro atoms. The van der Waals surface area contributed by atoms with E-state index in [0.717, 1.165) is 11.3 Å². The number of hydrogen-bond donors (Lipinski definition) is 1. The van der Waals surface area contributed by atoms with Crippen LogP contribution in [0.2, 0.25) is 10.0 Å². The van der Waals surface area contributed by atoms with Gasteiger partial charge < -0.3 is 10.1 Å². The van der Waals surface area contributed by atoms with Crippen molar-refractivity contribution in [2.75, 3.05) is 11.9 Å². The lowest BCUT2D eigenvalue weighted by atomic mass is 10.2. The zero-order chi connectivity index (χ0) is 15.9. The SMILES string of the molecule is Cc1cccc(NC(=O)CCCOc2ccc(Cl)cc2Cl)c1. The van der Waals surface area contributed by atoms with Crippen LogP contribution in [0, 0.1) is 6.92 Å². The molecule has 22 heavy (non-hydrogen) atoms. The van der Waals surface area contributed by atoms with E-state index in [1.165, 1.54) is 0 Å². The second-order valence-electron chi connectivity index (χ2n) is 4.94. The van der Waals surface area contributed by atoms with Crippen LogP contribution in [0.25, 0.3) is 0 Å². The first-order chi connectivity index (χ1) is 10.5. The summed E-state index contributed by atoms with van der Waals surface area (Å²) in [5, 5.41) is 3.90. The fraction of sp³-hybridized carbons (Fsp3) is 0.235. The lowest BCUT2D eigenvalue weighted by Gasteiger charge is -2.09.